The first-order chi connectivity index (χ1) is 12.2. The van der Waals surface area contributed by atoms with Crippen molar-refractivity contribution >= 4 is 34.2 Å². The van der Waals surface area contributed by atoms with Crippen LogP contribution in [0.4, 0.5) is 4.79 Å². The Labute approximate surface area is 154 Å². The van der Waals surface area contributed by atoms with Crippen LogP contribution in [0.2, 0.25) is 0 Å². The summed E-state index contributed by atoms with van der Waals surface area (Å²) in [5, 5.41) is 4.09. The molecule has 130 valence electrons. The normalized spacial score (nSPS) is 23.1. The minimum atomic E-state index is -0.372. The fourth-order valence-electron chi connectivity index (χ4n) is 3.44. The van der Waals surface area contributed by atoms with Gasteiger partial charge in [-0.25, -0.2) is 0 Å². The molecule has 0 radical (unpaired) electrons. The van der Waals surface area contributed by atoms with Crippen molar-refractivity contribution in [2.45, 2.75) is 18.6 Å². The molecule has 2 aliphatic heterocycles. The van der Waals surface area contributed by atoms with Crippen molar-refractivity contribution < 1.29 is 14.3 Å². The molecule has 7 heteroatoms. The third-order valence-electron chi connectivity index (χ3n) is 4.67. The lowest BCUT2D eigenvalue weighted by molar-refractivity contribution is -0.158. The summed E-state index contributed by atoms with van der Waals surface area (Å²) in [5.41, 5.74) is 2.12. The van der Waals surface area contributed by atoms with Crippen molar-refractivity contribution in [2.75, 3.05) is 19.4 Å². The van der Waals surface area contributed by atoms with Crippen molar-refractivity contribution in [3.05, 3.63) is 52.2 Å². The highest BCUT2D eigenvalue weighted by Crippen LogP contribution is 2.42. The lowest BCUT2D eigenvalue weighted by atomic mass is 9.88. The minimum Gasteiger partial charge on any atom is -0.497 e. The molecule has 2 saturated heterocycles. The number of carbonyl (C=O) groups is 2. The standard InChI is InChI=1S/C18H18N2O3S2/c1-23-14-4-2-3-12(9-14)10-20-15(13-5-7-24-11-13)16(17(20)21)19-6-8-25-18(19)22/h2-5,7,9,11,15-16H,6,8,10H2,1H3/t15-,16-/m1/s1. The number of likely N-dealkylation sites (tertiary alicyclic amines) is 1. The molecule has 2 atom stereocenters. The zero-order valence-corrected chi connectivity index (χ0v) is 15.4. The van der Waals surface area contributed by atoms with Crippen molar-refractivity contribution in [3.63, 3.8) is 0 Å². The zero-order valence-electron chi connectivity index (χ0n) is 13.8. The first-order valence-electron chi connectivity index (χ1n) is 8.08. The fourth-order valence-corrected chi connectivity index (χ4v) is 4.96. The molecule has 2 aromatic rings. The number of ether oxygens (including phenoxy) is 1. The Morgan fingerprint density at radius 3 is 2.80 bits per heavy atom. The number of benzene rings is 1. The molecule has 5 nitrogen and oxygen atoms in total. The summed E-state index contributed by atoms with van der Waals surface area (Å²) in [4.78, 5) is 28.6. The van der Waals surface area contributed by atoms with Gasteiger partial charge in [0, 0.05) is 18.8 Å². The van der Waals surface area contributed by atoms with Crippen molar-refractivity contribution in [1.82, 2.24) is 9.80 Å². The Hall–Kier alpha value is -1.99. The average molecular weight is 374 g/mol. The third kappa shape index (κ3) is 2.91. The van der Waals surface area contributed by atoms with E-state index in [1.165, 1.54) is 11.8 Å². The van der Waals surface area contributed by atoms with Crippen LogP contribution in [0.15, 0.2) is 41.1 Å². The van der Waals surface area contributed by atoms with Crippen LogP contribution >= 0.6 is 23.1 Å². The van der Waals surface area contributed by atoms with Gasteiger partial charge in [0.2, 0.25) is 5.91 Å². The van der Waals surface area contributed by atoms with E-state index < -0.39 is 0 Å². The smallest absolute Gasteiger partial charge is 0.282 e. The number of rotatable bonds is 5. The van der Waals surface area contributed by atoms with E-state index in [4.69, 9.17) is 4.74 Å². The van der Waals surface area contributed by atoms with Crippen LogP contribution in [-0.4, -0.2) is 46.4 Å². The van der Waals surface area contributed by atoms with E-state index in [0.717, 1.165) is 22.6 Å². The molecule has 3 heterocycles. The first kappa shape index (κ1) is 16.5. The van der Waals surface area contributed by atoms with Crippen LogP contribution in [0.3, 0.4) is 0 Å². The summed E-state index contributed by atoms with van der Waals surface area (Å²) in [6.45, 7) is 1.16. The predicted molar refractivity (Wildman–Crippen MR) is 99.0 cm³/mol. The quantitative estimate of drug-likeness (QED) is 0.753. The molecular formula is C18H18N2O3S2. The lowest BCUT2D eigenvalue weighted by Crippen LogP contribution is -2.65. The molecular weight excluding hydrogens is 356 g/mol. The topological polar surface area (TPSA) is 49.9 Å². The highest BCUT2D eigenvalue weighted by atomic mass is 32.2. The maximum Gasteiger partial charge on any atom is 0.282 e. The maximum atomic E-state index is 12.9. The number of hydrogen-bond acceptors (Lipinski definition) is 5. The summed E-state index contributed by atoms with van der Waals surface area (Å²) in [6.07, 6.45) is 0. The number of nitrogens with zero attached hydrogens (tertiary/aromatic N) is 2. The molecule has 0 bridgehead atoms. The zero-order chi connectivity index (χ0) is 17.4. The lowest BCUT2D eigenvalue weighted by Gasteiger charge is -2.50. The van der Waals surface area contributed by atoms with E-state index in [0.29, 0.717) is 13.1 Å². The Morgan fingerprint density at radius 1 is 1.24 bits per heavy atom. The molecule has 2 amide bonds. The van der Waals surface area contributed by atoms with Crippen LogP contribution in [-0.2, 0) is 11.3 Å². The molecule has 0 aliphatic carbocycles. The van der Waals surface area contributed by atoms with Gasteiger partial charge in [-0.05, 0) is 40.1 Å². The Kier molecular flexibility index (Phi) is 4.43. The van der Waals surface area contributed by atoms with Gasteiger partial charge in [-0.2, -0.15) is 11.3 Å². The van der Waals surface area contributed by atoms with Gasteiger partial charge in [0.15, 0.2) is 0 Å². The van der Waals surface area contributed by atoms with Crippen LogP contribution in [0, 0.1) is 0 Å². The predicted octanol–water partition coefficient (Wildman–Crippen LogP) is 3.38. The summed E-state index contributed by atoms with van der Waals surface area (Å²) in [7, 11) is 1.63. The second-order valence-electron chi connectivity index (χ2n) is 6.07. The van der Waals surface area contributed by atoms with Crippen molar-refractivity contribution in [2.24, 2.45) is 0 Å². The SMILES string of the molecule is COc1cccc(CN2C(=O)[C@H](N3CCSC3=O)[C@H]2c2ccsc2)c1. The monoisotopic (exact) mass is 374 g/mol. The molecule has 0 unspecified atom stereocenters. The fraction of sp³-hybridized carbons (Fsp3) is 0.333. The van der Waals surface area contributed by atoms with Gasteiger partial charge in [-0.15, -0.1) is 0 Å². The van der Waals surface area contributed by atoms with Gasteiger partial charge in [-0.3, -0.25) is 9.59 Å². The van der Waals surface area contributed by atoms with Crippen molar-refractivity contribution in [1.29, 1.82) is 0 Å². The van der Waals surface area contributed by atoms with Gasteiger partial charge in [0.05, 0.1) is 13.2 Å². The van der Waals surface area contributed by atoms with E-state index in [1.54, 1.807) is 23.3 Å². The van der Waals surface area contributed by atoms with E-state index in [9.17, 15) is 9.59 Å². The average Bonchev–Trinajstić information content (AvgIpc) is 3.29. The van der Waals surface area contributed by atoms with Gasteiger partial charge >= 0.3 is 0 Å². The van der Waals surface area contributed by atoms with E-state index in [1.807, 2.05) is 40.6 Å². The Morgan fingerprint density at radius 2 is 2.12 bits per heavy atom. The number of methoxy groups -OCH3 is 1. The number of hydrogen-bond donors (Lipinski definition) is 0. The Balaban J connectivity index is 1.60. The number of thiophene rings is 1. The second-order valence-corrected chi connectivity index (χ2v) is 7.90. The van der Waals surface area contributed by atoms with Crippen LogP contribution in [0.25, 0.3) is 0 Å². The largest absolute Gasteiger partial charge is 0.497 e. The number of thioether (sulfide) groups is 1. The van der Waals surface area contributed by atoms with Crippen molar-refractivity contribution in [3.8, 4) is 5.75 Å². The highest BCUT2D eigenvalue weighted by molar-refractivity contribution is 8.13. The van der Waals surface area contributed by atoms with E-state index in [2.05, 4.69) is 5.38 Å². The van der Waals surface area contributed by atoms with Gasteiger partial charge in [0.1, 0.15) is 11.8 Å². The van der Waals surface area contributed by atoms with Gasteiger partial charge in [-0.1, -0.05) is 23.9 Å². The molecule has 1 aromatic heterocycles. The summed E-state index contributed by atoms with van der Waals surface area (Å²) in [5.74, 6) is 1.56. The molecule has 0 saturated carbocycles. The summed E-state index contributed by atoms with van der Waals surface area (Å²) in [6, 6.07) is 9.35. The molecule has 2 aliphatic rings. The number of amides is 2. The second kappa shape index (κ2) is 6.72. The van der Waals surface area contributed by atoms with E-state index >= 15 is 0 Å². The number of carbonyl (C=O) groups excluding carboxylic acids is 2. The molecule has 0 N–H and O–H groups in total. The Bertz CT molecular complexity index is 793. The molecule has 4 rings (SSSR count). The van der Waals surface area contributed by atoms with E-state index in [-0.39, 0.29) is 23.2 Å². The van der Waals surface area contributed by atoms with Crippen LogP contribution in [0.5, 0.6) is 5.75 Å². The summed E-state index contributed by atoms with van der Waals surface area (Å²) < 4.78 is 5.27. The molecule has 2 fully saturated rings. The summed E-state index contributed by atoms with van der Waals surface area (Å²) >= 11 is 2.91. The molecule has 0 spiro atoms. The number of β-lactam (4-membered cyclic amide) rings is 1. The van der Waals surface area contributed by atoms with Crippen LogP contribution in [0.1, 0.15) is 17.2 Å². The highest BCUT2D eigenvalue weighted by Gasteiger charge is 2.53. The van der Waals surface area contributed by atoms with Crippen LogP contribution < -0.4 is 4.74 Å². The molecule has 1 aromatic carbocycles. The third-order valence-corrected chi connectivity index (χ3v) is 6.24. The minimum absolute atomic E-state index is 0.0135. The van der Waals surface area contributed by atoms with Gasteiger partial charge in [0.25, 0.3) is 5.24 Å². The first-order valence-corrected chi connectivity index (χ1v) is 10.0. The molecule has 25 heavy (non-hydrogen) atoms. The van der Waals surface area contributed by atoms with Gasteiger partial charge < -0.3 is 14.5 Å². The maximum absolute atomic E-state index is 12.9.